The molecule has 2 unspecified atom stereocenters. The Balaban J connectivity index is 1.37. The van der Waals surface area contributed by atoms with Gasteiger partial charge in [-0.1, -0.05) is 5.21 Å². The first-order valence-corrected chi connectivity index (χ1v) is 8.19. The molecule has 0 aromatic carbocycles. The fourth-order valence-electron chi connectivity index (χ4n) is 3.62. The summed E-state index contributed by atoms with van der Waals surface area (Å²) >= 11 is 0. The minimum Gasteiger partial charge on any atom is -0.379 e. The van der Waals surface area contributed by atoms with Crippen molar-refractivity contribution in [3.05, 3.63) is 11.9 Å². The molecule has 22 heavy (non-hydrogen) atoms. The summed E-state index contributed by atoms with van der Waals surface area (Å²) in [5, 5.41) is 11.2. The Labute approximate surface area is 129 Å². The van der Waals surface area contributed by atoms with Crippen LogP contribution in [0.2, 0.25) is 0 Å². The molecular formula is C15H22N4O3. The summed E-state index contributed by atoms with van der Waals surface area (Å²) in [7, 11) is 0. The van der Waals surface area contributed by atoms with Crippen LogP contribution in [0.5, 0.6) is 0 Å². The van der Waals surface area contributed by atoms with E-state index in [4.69, 9.17) is 9.47 Å². The van der Waals surface area contributed by atoms with Crippen molar-refractivity contribution in [1.29, 1.82) is 0 Å². The van der Waals surface area contributed by atoms with E-state index >= 15 is 0 Å². The van der Waals surface area contributed by atoms with Gasteiger partial charge < -0.3 is 14.8 Å². The van der Waals surface area contributed by atoms with E-state index in [0.29, 0.717) is 12.3 Å². The van der Waals surface area contributed by atoms with E-state index in [1.165, 1.54) is 6.42 Å². The van der Waals surface area contributed by atoms with E-state index in [1.54, 1.807) is 10.9 Å². The van der Waals surface area contributed by atoms with Crippen LogP contribution in [0.3, 0.4) is 0 Å². The molecule has 2 atom stereocenters. The zero-order valence-corrected chi connectivity index (χ0v) is 12.7. The van der Waals surface area contributed by atoms with Crippen molar-refractivity contribution in [2.45, 2.75) is 56.2 Å². The Kier molecular flexibility index (Phi) is 3.62. The van der Waals surface area contributed by atoms with Crippen molar-refractivity contribution in [2.24, 2.45) is 0 Å². The van der Waals surface area contributed by atoms with Crippen molar-refractivity contribution in [3.8, 4) is 0 Å². The minimum atomic E-state index is -0.133. The number of hydrogen-bond donors (Lipinski definition) is 1. The van der Waals surface area contributed by atoms with Gasteiger partial charge in [-0.3, -0.25) is 4.79 Å². The number of hydrogen-bond acceptors (Lipinski definition) is 5. The first-order valence-electron chi connectivity index (χ1n) is 8.19. The third-order valence-corrected chi connectivity index (χ3v) is 5.12. The number of rotatable bonds is 3. The molecule has 0 bridgehead atoms. The fourth-order valence-corrected chi connectivity index (χ4v) is 3.62. The Morgan fingerprint density at radius 2 is 2.27 bits per heavy atom. The number of nitrogens with one attached hydrogen (secondary N) is 1. The molecule has 2 aliphatic heterocycles. The zero-order chi connectivity index (χ0) is 15.0. The third-order valence-electron chi connectivity index (χ3n) is 5.12. The second-order valence-electron chi connectivity index (χ2n) is 6.65. The maximum Gasteiger partial charge on any atom is 0.273 e. The van der Waals surface area contributed by atoms with Gasteiger partial charge in [0.25, 0.3) is 5.91 Å². The van der Waals surface area contributed by atoms with Gasteiger partial charge in [0.15, 0.2) is 5.69 Å². The van der Waals surface area contributed by atoms with E-state index in [1.807, 2.05) is 0 Å². The average molecular weight is 306 g/mol. The zero-order valence-electron chi connectivity index (χ0n) is 12.7. The highest BCUT2D eigenvalue weighted by molar-refractivity contribution is 5.92. The molecule has 7 heteroatoms. The molecule has 2 saturated heterocycles. The molecule has 1 N–H and O–H groups in total. The molecule has 3 fully saturated rings. The lowest BCUT2D eigenvalue weighted by Gasteiger charge is -2.47. The van der Waals surface area contributed by atoms with Gasteiger partial charge in [-0.15, -0.1) is 5.10 Å². The molecule has 1 aliphatic carbocycles. The van der Waals surface area contributed by atoms with E-state index < -0.39 is 0 Å². The molecule has 3 aliphatic rings. The normalized spacial score (nSPS) is 30.2. The lowest BCUT2D eigenvalue weighted by molar-refractivity contribution is -0.134. The minimum absolute atomic E-state index is 0.0367. The van der Waals surface area contributed by atoms with Gasteiger partial charge in [0, 0.05) is 19.3 Å². The summed E-state index contributed by atoms with van der Waals surface area (Å²) in [5.41, 5.74) is 0.427. The van der Waals surface area contributed by atoms with Crippen LogP contribution in [0, 0.1) is 0 Å². The topological polar surface area (TPSA) is 78.3 Å². The molecule has 1 saturated carbocycles. The van der Waals surface area contributed by atoms with Crippen molar-refractivity contribution in [1.82, 2.24) is 20.3 Å². The van der Waals surface area contributed by atoms with E-state index in [2.05, 4.69) is 15.6 Å². The Morgan fingerprint density at radius 1 is 1.36 bits per heavy atom. The predicted molar refractivity (Wildman–Crippen MR) is 77.5 cm³/mol. The second-order valence-corrected chi connectivity index (χ2v) is 6.65. The van der Waals surface area contributed by atoms with Gasteiger partial charge in [0.2, 0.25) is 0 Å². The van der Waals surface area contributed by atoms with Gasteiger partial charge >= 0.3 is 0 Å². The summed E-state index contributed by atoms with van der Waals surface area (Å²) in [5.74, 6) is -0.133. The van der Waals surface area contributed by atoms with Crippen LogP contribution in [-0.4, -0.2) is 52.4 Å². The summed E-state index contributed by atoms with van der Waals surface area (Å²) in [4.78, 5) is 12.4. The lowest BCUT2D eigenvalue weighted by Crippen LogP contribution is -2.52. The average Bonchev–Trinajstić information content (AvgIpc) is 3.17. The third kappa shape index (κ3) is 2.63. The molecule has 1 aromatic rings. The van der Waals surface area contributed by atoms with Crippen LogP contribution >= 0.6 is 0 Å². The van der Waals surface area contributed by atoms with Crippen molar-refractivity contribution in [3.63, 3.8) is 0 Å². The molecule has 3 heterocycles. The second kappa shape index (κ2) is 5.62. The highest BCUT2D eigenvalue weighted by Crippen LogP contribution is 2.42. The molecule has 7 nitrogen and oxygen atoms in total. The van der Waals surface area contributed by atoms with Crippen molar-refractivity contribution >= 4 is 5.91 Å². The summed E-state index contributed by atoms with van der Waals surface area (Å²) in [6, 6.07) is 0.386. The lowest BCUT2D eigenvalue weighted by atomic mass is 9.74. The maximum absolute atomic E-state index is 12.4. The van der Waals surface area contributed by atoms with Crippen LogP contribution < -0.4 is 5.32 Å². The highest BCUT2D eigenvalue weighted by Gasteiger charge is 2.43. The van der Waals surface area contributed by atoms with Crippen LogP contribution in [0.25, 0.3) is 0 Å². The Morgan fingerprint density at radius 3 is 3.00 bits per heavy atom. The largest absolute Gasteiger partial charge is 0.379 e. The molecule has 4 rings (SSSR count). The van der Waals surface area contributed by atoms with Crippen molar-refractivity contribution in [2.75, 3.05) is 19.8 Å². The number of carbonyl (C=O) groups is 1. The van der Waals surface area contributed by atoms with E-state index in [-0.39, 0.29) is 23.6 Å². The van der Waals surface area contributed by atoms with Crippen molar-refractivity contribution < 1.29 is 14.3 Å². The number of nitrogens with zero attached hydrogens (tertiary/aromatic N) is 3. The Hall–Kier alpha value is -1.47. The molecule has 1 aromatic heterocycles. The number of ether oxygens (including phenoxy) is 2. The van der Waals surface area contributed by atoms with Gasteiger partial charge in [0.05, 0.1) is 24.4 Å². The smallest absolute Gasteiger partial charge is 0.273 e. The first kappa shape index (κ1) is 14.1. The van der Waals surface area contributed by atoms with Gasteiger partial charge in [0.1, 0.15) is 0 Å². The fraction of sp³-hybridized carbons (Fsp3) is 0.800. The van der Waals surface area contributed by atoms with Gasteiger partial charge in [-0.05, 0) is 38.5 Å². The predicted octanol–water partition coefficient (Wildman–Crippen LogP) is 1.07. The first-order chi connectivity index (χ1) is 10.7. The Bertz CT molecular complexity index is 549. The quantitative estimate of drug-likeness (QED) is 0.904. The number of carbonyl (C=O) groups excluding carboxylic acids is 1. The highest BCUT2D eigenvalue weighted by atomic mass is 16.5. The summed E-state index contributed by atoms with van der Waals surface area (Å²) < 4.78 is 13.0. The molecule has 0 radical (unpaired) electrons. The van der Waals surface area contributed by atoms with E-state index in [9.17, 15) is 4.79 Å². The monoisotopic (exact) mass is 306 g/mol. The van der Waals surface area contributed by atoms with Crippen LogP contribution in [-0.2, 0) is 9.47 Å². The van der Waals surface area contributed by atoms with E-state index in [0.717, 1.165) is 45.3 Å². The van der Waals surface area contributed by atoms with Gasteiger partial charge in [-0.2, -0.15) is 0 Å². The molecule has 120 valence electrons. The van der Waals surface area contributed by atoms with Crippen LogP contribution in [0.4, 0.5) is 0 Å². The maximum atomic E-state index is 12.4. The molecule has 1 spiro atoms. The van der Waals surface area contributed by atoms with Crippen LogP contribution in [0.1, 0.15) is 55.1 Å². The molecular weight excluding hydrogens is 284 g/mol. The van der Waals surface area contributed by atoms with Crippen LogP contribution in [0.15, 0.2) is 6.20 Å². The SMILES string of the molecule is O=C(NC1CCOC2(CCC2)C1)c1cn(C2CCOC2)nn1. The number of aromatic nitrogens is 3. The van der Waals surface area contributed by atoms with Gasteiger partial charge in [-0.25, -0.2) is 4.68 Å². The standard InChI is InChI=1S/C15H22N4O3/c20-14(13-9-19(18-17-13)12-3-6-21-10-12)16-11-2-7-22-15(8-11)4-1-5-15/h9,11-12H,1-8,10H2,(H,16,20). The molecule has 1 amide bonds. The number of amides is 1. The summed E-state index contributed by atoms with van der Waals surface area (Å²) in [6.45, 7) is 2.13. The summed E-state index contributed by atoms with van der Waals surface area (Å²) in [6.07, 6.45) is 7.92.